The van der Waals surface area contributed by atoms with E-state index in [0.29, 0.717) is 5.56 Å². The van der Waals surface area contributed by atoms with Gasteiger partial charge in [-0.2, -0.15) is 26.3 Å². The molecule has 0 fully saturated rings. The molecule has 11 heteroatoms. The van der Waals surface area contributed by atoms with Gasteiger partial charge in [-0.25, -0.2) is 0 Å². The van der Waals surface area contributed by atoms with Crippen molar-refractivity contribution >= 4 is 58.8 Å². The lowest BCUT2D eigenvalue weighted by atomic mass is 9.99. The van der Waals surface area contributed by atoms with Crippen LogP contribution in [0.15, 0.2) is 91.0 Å². The number of benzene rings is 4. The minimum Gasteiger partial charge on any atom is -0.341 e. The molecule has 0 amide bonds. The van der Waals surface area contributed by atoms with E-state index in [-0.39, 0.29) is 22.2 Å². The largest absolute Gasteiger partial charge is 0.417 e. The molecule has 0 aliphatic heterocycles. The maximum absolute atomic E-state index is 15.7. The highest BCUT2D eigenvalue weighted by molar-refractivity contribution is 8.28. The number of unbranched alkanes of at least 4 members (excludes halogenated alkanes) is 6. The predicted octanol–water partition coefficient (Wildman–Crippen LogP) is 17.4. The van der Waals surface area contributed by atoms with Crippen molar-refractivity contribution in [3.05, 3.63) is 102 Å². The third-order valence-electron chi connectivity index (χ3n) is 13.3. The van der Waals surface area contributed by atoms with Crippen molar-refractivity contribution in [3.8, 4) is 11.1 Å². The fourth-order valence-corrected chi connectivity index (χ4v) is 27.2. The molecule has 64 heavy (non-hydrogen) atoms. The lowest BCUT2D eigenvalue weighted by Gasteiger charge is -2.39. The Labute approximate surface area is 388 Å². The zero-order chi connectivity index (χ0) is 47.0. The summed E-state index contributed by atoms with van der Waals surface area (Å²) in [5.74, 6) is 0. The van der Waals surface area contributed by atoms with E-state index in [9.17, 15) is 0 Å². The van der Waals surface area contributed by atoms with Crippen molar-refractivity contribution in [2.24, 2.45) is 0 Å². The van der Waals surface area contributed by atoms with E-state index in [1.54, 1.807) is 18.2 Å². The second-order valence-electron chi connectivity index (χ2n) is 18.4. The number of alkyl halides is 6. The Balaban J connectivity index is 1.92. The third-order valence-corrected chi connectivity index (χ3v) is 29.9. The molecule has 0 N–H and O–H groups in total. The van der Waals surface area contributed by atoms with Gasteiger partial charge in [0.1, 0.15) is 0 Å². The molecule has 0 saturated heterocycles. The zero-order valence-electron chi connectivity index (χ0n) is 40.1. The molecule has 0 aliphatic carbocycles. The first-order valence-electron chi connectivity index (χ1n) is 24.5. The average Bonchev–Trinajstić information content (AvgIpc) is 3.28. The molecule has 0 saturated carbocycles. The van der Waals surface area contributed by atoms with E-state index < -0.39 is 55.7 Å². The van der Waals surface area contributed by atoms with Gasteiger partial charge in [0.15, 0.2) is 0 Å². The van der Waals surface area contributed by atoms with Gasteiger partial charge in [-0.3, -0.25) is 0 Å². The summed E-state index contributed by atoms with van der Waals surface area (Å²) in [6.45, 7) is 17.3. The Morgan fingerprint density at radius 2 is 0.938 bits per heavy atom. The summed E-state index contributed by atoms with van der Waals surface area (Å²) < 4.78 is 94.2. The maximum atomic E-state index is 15.7. The first kappa shape index (κ1) is 54.2. The van der Waals surface area contributed by atoms with Gasteiger partial charge in [0, 0.05) is 17.0 Å². The van der Waals surface area contributed by atoms with Crippen molar-refractivity contribution in [1.82, 2.24) is 0 Å². The molecular weight excluding hydrogens is 883 g/mol. The van der Waals surface area contributed by atoms with Crippen LogP contribution in [-0.4, -0.2) is 22.2 Å². The van der Waals surface area contributed by atoms with Crippen molar-refractivity contribution in [3.63, 3.8) is 0 Å². The Morgan fingerprint density at radius 3 is 1.33 bits per heavy atom. The second-order valence-corrected chi connectivity index (χ2v) is 31.9. The van der Waals surface area contributed by atoms with Crippen molar-refractivity contribution in [2.75, 3.05) is 4.67 Å². The summed E-state index contributed by atoms with van der Waals surface area (Å²) in [6, 6.07) is 33.7. The molecule has 1 nitrogen and oxygen atoms in total. The van der Waals surface area contributed by atoms with Crippen molar-refractivity contribution in [2.45, 2.75) is 187 Å². The van der Waals surface area contributed by atoms with Gasteiger partial charge in [-0.15, -0.1) is 0 Å². The van der Waals surface area contributed by atoms with Crippen LogP contribution in [0.4, 0.5) is 32.0 Å². The Bertz CT molecular complexity index is 1920. The van der Waals surface area contributed by atoms with Crippen LogP contribution in [0.5, 0.6) is 0 Å². The highest BCUT2D eigenvalue weighted by Gasteiger charge is 2.42. The molecule has 354 valence electrons. The van der Waals surface area contributed by atoms with E-state index in [4.69, 9.17) is 0 Å². The third kappa shape index (κ3) is 14.0. The van der Waals surface area contributed by atoms with Crippen LogP contribution in [-0.2, 0) is 12.4 Å². The van der Waals surface area contributed by atoms with Crippen LogP contribution in [0, 0.1) is 0 Å². The lowest BCUT2D eigenvalue weighted by molar-refractivity contribution is -0.137. The minimum absolute atomic E-state index is 0.0436. The summed E-state index contributed by atoms with van der Waals surface area (Å²) in [5, 5.41) is 2.80. The molecule has 0 spiro atoms. The summed E-state index contributed by atoms with van der Waals surface area (Å²) in [7, 11) is -6.36. The SMILES string of the molecule is CCCC[Si](CCCC)(CCCC)c1ccc(-c2cccc(PP(c3ccccc3C(F)(F)F)N(c3ccc([Si](CCCC)(CCCC)CCCC)cc3)C(C)C)c2C(F)(F)F)cc1. The molecule has 4 aromatic carbocycles. The molecular formula is C53H77F6NP2Si2. The fraction of sp³-hybridized carbons (Fsp3) is 0.547. The molecule has 0 heterocycles. The molecule has 0 bridgehead atoms. The van der Waals surface area contributed by atoms with Crippen LogP contribution in [0.2, 0.25) is 36.3 Å². The molecule has 0 aliphatic rings. The van der Waals surface area contributed by atoms with E-state index in [0.717, 1.165) is 69.5 Å². The summed E-state index contributed by atoms with van der Waals surface area (Å²) >= 11 is 0. The number of rotatable bonds is 27. The maximum Gasteiger partial charge on any atom is 0.417 e. The van der Waals surface area contributed by atoms with E-state index >= 15 is 26.3 Å². The van der Waals surface area contributed by atoms with E-state index in [2.05, 4.69) is 77.9 Å². The summed E-state index contributed by atoms with van der Waals surface area (Å²) in [5.41, 5.74) is -0.212. The molecule has 4 aromatic rings. The number of hydrogen-bond donors (Lipinski definition) is 0. The number of halogens is 6. The van der Waals surface area contributed by atoms with E-state index in [1.807, 2.05) is 30.7 Å². The summed E-state index contributed by atoms with van der Waals surface area (Å²) in [4.78, 5) is 0. The van der Waals surface area contributed by atoms with Crippen LogP contribution in [0.25, 0.3) is 11.1 Å². The number of anilines is 1. The van der Waals surface area contributed by atoms with Gasteiger partial charge < -0.3 is 4.67 Å². The second kappa shape index (κ2) is 25.6. The first-order valence-corrected chi connectivity index (χ1v) is 32.9. The normalized spacial score (nSPS) is 13.4. The van der Waals surface area contributed by atoms with Gasteiger partial charge in [0.25, 0.3) is 0 Å². The minimum atomic E-state index is -4.74. The number of hydrogen-bond acceptors (Lipinski definition) is 1. The van der Waals surface area contributed by atoms with Gasteiger partial charge >= 0.3 is 12.4 Å². The highest BCUT2D eigenvalue weighted by atomic mass is 32.1. The monoisotopic (exact) mass is 959 g/mol. The Hall–Kier alpha value is -2.45. The van der Waals surface area contributed by atoms with Gasteiger partial charge in [-0.05, 0) is 56.7 Å². The van der Waals surface area contributed by atoms with Gasteiger partial charge in [0.05, 0.1) is 35.0 Å². The molecule has 0 aromatic heterocycles. The standard InChI is InChI=1S/C53H77F6NP2Si2/c1-9-15-36-63(37-16-10-2,38-17-11-3)45-32-28-43(29-33-45)47-24-23-26-49(51(47)53(57,58)59)61-62(50-27-22-21-25-48(50)52(54,55)56)60(42(7)8)44-30-34-46(35-31-44)64(39-18-12-4,40-19-13-5)41-20-14-6/h21-35,42,61H,9-20,36-41H2,1-8H3. The topological polar surface area (TPSA) is 3.24 Å². The quantitative estimate of drug-likeness (QED) is 0.0327. The Morgan fingerprint density at radius 1 is 0.516 bits per heavy atom. The molecule has 2 unspecified atom stereocenters. The predicted molar refractivity (Wildman–Crippen MR) is 276 cm³/mol. The van der Waals surface area contributed by atoms with Crippen LogP contribution >= 0.6 is 16.0 Å². The van der Waals surface area contributed by atoms with Crippen molar-refractivity contribution < 1.29 is 26.3 Å². The lowest BCUT2D eigenvalue weighted by Crippen LogP contribution is -2.47. The highest BCUT2D eigenvalue weighted by Crippen LogP contribution is 2.61. The fourth-order valence-electron chi connectivity index (χ4n) is 9.76. The average molecular weight is 960 g/mol. The van der Waals surface area contributed by atoms with Gasteiger partial charge in [0.2, 0.25) is 0 Å². The molecule has 0 radical (unpaired) electrons. The van der Waals surface area contributed by atoms with Gasteiger partial charge in [-0.1, -0.05) is 238 Å². The van der Waals surface area contributed by atoms with E-state index in [1.165, 1.54) is 84.1 Å². The Kier molecular flexibility index (Phi) is 21.7. The molecule has 4 rings (SSSR count). The smallest absolute Gasteiger partial charge is 0.341 e. The van der Waals surface area contributed by atoms with Crippen LogP contribution in [0.3, 0.4) is 0 Å². The van der Waals surface area contributed by atoms with Crippen molar-refractivity contribution in [1.29, 1.82) is 0 Å². The van der Waals surface area contributed by atoms with Crippen LogP contribution in [0.1, 0.15) is 144 Å². The first-order chi connectivity index (χ1) is 30.6. The summed E-state index contributed by atoms with van der Waals surface area (Å²) in [6.07, 6.45) is 4.27. The molecule has 2 atom stereocenters. The zero-order valence-corrected chi connectivity index (χ0v) is 44.0. The van der Waals surface area contributed by atoms with Crippen LogP contribution < -0.4 is 25.7 Å². The number of nitrogens with zero attached hydrogens (tertiary/aromatic N) is 1.